The number of nitrogens with zero attached hydrogens (tertiary/aromatic N) is 4. The molecule has 0 amide bonds. The minimum absolute atomic E-state index is 0.0121. The van der Waals surface area contributed by atoms with E-state index in [1.165, 1.54) is 12.1 Å². The highest BCUT2D eigenvalue weighted by Crippen LogP contribution is 2.29. The standard InChI is InChI=1S/C21H21F3N4O2/c1-27(13-20(30)15-4-2-5-17(10-15)21(22,23)24)9-7-19-16(14-29)12-28(26-19)18-6-3-8-25-11-18/h2,4-6,10-12,14H,3,7-9,13H2,1H3. The second-order valence-electron chi connectivity index (χ2n) is 7.04. The van der Waals surface area contributed by atoms with Gasteiger partial charge in [-0.3, -0.25) is 19.5 Å². The minimum Gasteiger partial charge on any atom is -0.299 e. The Morgan fingerprint density at radius 3 is 2.80 bits per heavy atom. The number of rotatable bonds is 8. The zero-order valence-electron chi connectivity index (χ0n) is 16.4. The molecule has 0 bridgehead atoms. The van der Waals surface area contributed by atoms with Crippen LogP contribution in [-0.2, 0) is 12.6 Å². The summed E-state index contributed by atoms with van der Waals surface area (Å²) in [5.74, 6) is -0.409. The third-order valence-electron chi connectivity index (χ3n) is 4.71. The van der Waals surface area contributed by atoms with Gasteiger partial charge < -0.3 is 0 Å². The summed E-state index contributed by atoms with van der Waals surface area (Å²) in [6.07, 6.45) is 2.78. The molecule has 0 radical (unpaired) electrons. The number of carbonyl (C=O) groups is 2. The predicted molar refractivity (Wildman–Crippen MR) is 107 cm³/mol. The van der Waals surface area contributed by atoms with Crippen LogP contribution in [0.4, 0.5) is 13.2 Å². The molecule has 3 rings (SSSR count). The van der Waals surface area contributed by atoms with Crippen LogP contribution in [-0.4, -0.2) is 59.6 Å². The highest BCUT2D eigenvalue weighted by atomic mass is 19.4. The molecular formula is C21H21F3N4O2. The Morgan fingerprint density at radius 1 is 1.33 bits per heavy atom. The summed E-state index contributed by atoms with van der Waals surface area (Å²) in [6, 6.07) is 4.39. The summed E-state index contributed by atoms with van der Waals surface area (Å²) in [6.45, 7) is 1.09. The Hall–Kier alpha value is -3.07. The molecule has 0 atom stereocenters. The number of ketones is 1. The average molecular weight is 418 g/mol. The van der Waals surface area contributed by atoms with Gasteiger partial charge >= 0.3 is 6.18 Å². The Balaban J connectivity index is 1.62. The fourth-order valence-corrected chi connectivity index (χ4v) is 3.08. The van der Waals surface area contributed by atoms with Crippen molar-refractivity contribution >= 4 is 24.0 Å². The SMILES string of the molecule is CN(CCc1nn(C2=CCCN=C2)cc1C=O)CC(=O)c1cccc(C(F)(F)F)c1. The summed E-state index contributed by atoms with van der Waals surface area (Å²) in [4.78, 5) is 29.6. The topological polar surface area (TPSA) is 67.6 Å². The number of hydrogen-bond donors (Lipinski definition) is 0. The van der Waals surface area contributed by atoms with Crippen molar-refractivity contribution in [1.82, 2.24) is 14.7 Å². The van der Waals surface area contributed by atoms with E-state index in [1.807, 2.05) is 6.08 Å². The molecule has 1 aliphatic rings. The molecule has 1 aromatic carbocycles. The van der Waals surface area contributed by atoms with Crippen LogP contribution in [0.25, 0.3) is 5.70 Å². The zero-order valence-corrected chi connectivity index (χ0v) is 16.4. The summed E-state index contributed by atoms with van der Waals surface area (Å²) >= 11 is 0. The first kappa shape index (κ1) is 21.6. The first-order chi connectivity index (χ1) is 14.3. The van der Waals surface area contributed by atoms with Crippen molar-refractivity contribution in [3.8, 4) is 0 Å². The molecule has 1 aromatic heterocycles. The van der Waals surface area contributed by atoms with Crippen LogP contribution < -0.4 is 0 Å². The second kappa shape index (κ2) is 9.17. The van der Waals surface area contributed by atoms with Gasteiger partial charge in [0.1, 0.15) is 0 Å². The number of aliphatic imine (C=N–C) groups is 1. The molecule has 0 saturated carbocycles. The number of hydrogen-bond acceptors (Lipinski definition) is 5. The molecule has 9 heteroatoms. The summed E-state index contributed by atoms with van der Waals surface area (Å²) in [5, 5.41) is 4.44. The molecule has 0 saturated heterocycles. The van der Waals surface area contributed by atoms with Gasteiger partial charge in [0.2, 0.25) is 0 Å². The third kappa shape index (κ3) is 5.29. The number of carbonyl (C=O) groups excluding carboxylic acids is 2. The molecule has 0 spiro atoms. The van der Waals surface area contributed by atoms with E-state index in [1.54, 1.807) is 29.0 Å². The number of alkyl halides is 3. The van der Waals surface area contributed by atoms with Crippen LogP contribution >= 0.6 is 0 Å². The molecule has 0 aliphatic carbocycles. The van der Waals surface area contributed by atoms with Crippen molar-refractivity contribution in [2.75, 3.05) is 26.7 Å². The lowest BCUT2D eigenvalue weighted by Crippen LogP contribution is -2.28. The first-order valence-electron chi connectivity index (χ1n) is 9.41. The van der Waals surface area contributed by atoms with Crippen LogP contribution in [0.5, 0.6) is 0 Å². The van der Waals surface area contributed by atoms with E-state index < -0.39 is 17.5 Å². The maximum atomic E-state index is 12.8. The lowest BCUT2D eigenvalue weighted by atomic mass is 10.1. The van der Waals surface area contributed by atoms with E-state index >= 15 is 0 Å². The second-order valence-corrected chi connectivity index (χ2v) is 7.04. The first-order valence-corrected chi connectivity index (χ1v) is 9.41. The highest BCUT2D eigenvalue weighted by Gasteiger charge is 2.30. The van der Waals surface area contributed by atoms with Gasteiger partial charge in [0.05, 0.1) is 29.1 Å². The lowest BCUT2D eigenvalue weighted by molar-refractivity contribution is -0.137. The number of likely N-dealkylation sites (N-methyl/N-ethyl adjacent to an activating group) is 1. The Kier molecular flexibility index (Phi) is 6.61. The fourth-order valence-electron chi connectivity index (χ4n) is 3.08. The minimum atomic E-state index is -4.50. The molecule has 1 aliphatic heterocycles. The van der Waals surface area contributed by atoms with Crippen LogP contribution in [0.2, 0.25) is 0 Å². The summed E-state index contributed by atoms with van der Waals surface area (Å²) < 4.78 is 40.1. The van der Waals surface area contributed by atoms with Crippen LogP contribution in [0, 0.1) is 0 Å². The van der Waals surface area contributed by atoms with Gasteiger partial charge in [-0.1, -0.05) is 18.2 Å². The largest absolute Gasteiger partial charge is 0.416 e. The van der Waals surface area contributed by atoms with E-state index in [9.17, 15) is 22.8 Å². The molecule has 0 fully saturated rings. The van der Waals surface area contributed by atoms with Crippen LogP contribution in [0.15, 0.2) is 41.5 Å². The van der Waals surface area contributed by atoms with Gasteiger partial charge in [-0.2, -0.15) is 18.3 Å². The van der Waals surface area contributed by atoms with E-state index in [0.717, 1.165) is 37.1 Å². The van der Waals surface area contributed by atoms with Crippen molar-refractivity contribution in [2.45, 2.75) is 19.0 Å². The van der Waals surface area contributed by atoms with Crippen molar-refractivity contribution in [1.29, 1.82) is 0 Å². The third-order valence-corrected chi connectivity index (χ3v) is 4.71. The average Bonchev–Trinajstić information content (AvgIpc) is 3.16. The van der Waals surface area contributed by atoms with Crippen molar-refractivity contribution in [3.05, 3.63) is 58.9 Å². The number of allylic oxidation sites excluding steroid dienone is 1. The number of halogens is 3. The maximum absolute atomic E-state index is 12.8. The van der Waals surface area contributed by atoms with E-state index in [0.29, 0.717) is 24.2 Å². The van der Waals surface area contributed by atoms with Crippen molar-refractivity contribution < 1.29 is 22.8 Å². The molecule has 30 heavy (non-hydrogen) atoms. The summed E-state index contributed by atoms with van der Waals surface area (Å²) in [7, 11) is 1.69. The van der Waals surface area contributed by atoms with E-state index in [-0.39, 0.29) is 12.1 Å². The molecule has 0 N–H and O–H groups in total. The van der Waals surface area contributed by atoms with Gasteiger partial charge in [0, 0.05) is 37.5 Å². The lowest BCUT2D eigenvalue weighted by Gasteiger charge is -2.16. The van der Waals surface area contributed by atoms with E-state index in [4.69, 9.17) is 0 Å². The molecule has 6 nitrogen and oxygen atoms in total. The van der Waals surface area contributed by atoms with Gasteiger partial charge in [-0.25, -0.2) is 4.68 Å². The molecule has 2 aromatic rings. The van der Waals surface area contributed by atoms with E-state index in [2.05, 4.69) is 10.1 Å². The number of Topliss-reactive ketones (excluding diaryl/α,β-unsaturated/α-hetero) is 1. The van der Waals surface area contributed by atoms with Crippen LogP contribution in [0.1, 0.15) is 38.4 Å². The number of aromatic nitrogens is 2. The van der Waals surface area contributed by atoms with Gasteiger partial charge in [-0.15, -0.1) is 0 Å². The quantitative estimate of drug-likeness (QED) is 0.487. The Labute approximate surface area is 171 Å². The Bertz CT molecular complexity index is 992. The fraction of sp³-hybridized carbons (Fsp3) is 0.333. The van der Waals surface area contributed by atoms with Gasteiger partial charge in [-0.05, 0) is 25.6 Å². The molecule has 2 heterocycles. The molecule has 158 valence electrons. The smallest absolute Gasteiger partial charge is 0.299 e. The normalized spacial score (nSPS) is 14.1. The number of dihydropyridines is 1. The van der Waals surface area contributed by atoms with Gasteiger partial charge in [0.15, 0.2) is 12.1 Å². The van der Waals surface area contributed by atoms with Crippen LogP contribution in [0.3, 0.4) is 0 Å². The van der Waals surface area contributed by atoms with Crippen molar-refractivity contribution in [2.24, 2.45) is 4.99 Å². The predicted octanol–water partition coefficient (Wildman–Crippen LogP) is 3.39. The monoisotopic (exact) mass is 418 g/mol. The highest BCUT2D eigenvalue weighted by molar-refractivity contribution is 6.02. The Morgan fingerprint density at radius 2 is 2.13 bits per heavy atom. The number of aldehydes is 1. The van der Waals surface area contributed by atoms with Crippen molar-refractivity contribution in [3.63, 3.8) is 0 Å². The maximum Gasteiger partial charge on any atom is 0.416 e. The molecule has 0 unspecified atom stereocenters. The number of benzene rings is 1. The zero-order chi connectivity index (χ0) is 21.7. The molecular weight excluding hydrogens is 397 g/mol. The van der Waals surface area contributed by atoms with Gasteiger partial charge in [0.25, 0.3) is 0 Å². The summed E-state index contributed by atoms with van der Waals surface area (Å²) in [5.41, 5.74) is 0.996.